The van der Waals surface area contributed by atoms with Gasteiger partial charge < -0.3 is 5.73 Å². The third-order valence-corrected chi connectivity index (χ3v) is 6.91. The summed E-state index contributed by atoms with van der Waals surface area (Å²) in [5.41, 5.74) is 5.32. The zero-order chi connectivity index (χ0) is 15.8. The van der Waals surface area contributed by atoms with Gasteiger partial charge in [0.25, 0.3) is 0 Å². The fraction of sp³-hybridized carbons (Fsp3) is 0.462. The molecule has 0 aromatic heterocycles. The van der Waals surface area contributed by atoms with Crippen molar-refractivity contribution >= 4 is 43.5 Å². The van der Waals surface area contributed by atoms with E-state index in [1.165, 1.54) is 22.5 Å². The number of sulfonamides is 1. The minimum absolute atomic E-state index is 0.124. The number of nitrogens with two attached hydrogens (primary N) is 1. The van der Waals surface area contributed by atoms with Gasteiger partial charge in [-0.3, -0.25) is 4.79 Å². The Balaban J connectivity index is 2.36. The van der Waals surface area contributed by atoms with Crippen LogP contribution in [-0.4, -0.2) is 31.2 Å². The molecule has 1 aliphatic heterocycles. The first kappa shape index (κ1) is 16.7. The first-order chi connectivity index (χ1) is 9.73. The van der Waals surface area contributed by atoms with Crippen molar-refractivity contribution in [3.63, 3.8) is 0 Å². The molecule has 1 amide bonds. The highest BCUT2D eigenvalue weighted by molar-refractivity contribution is 9.10. The number of carbonyl (C=O) groups is 1. The van der Waals surface area contributed by atoms with Gasteiger partial charge >= 0.3 is 0 Å². The van der Waals surface area contributed by atoms with E-state index >= 15 is 0 Å². The number of hydrogen-bond acceptors (Lipinski definition) is 3. The predicted octanol–water partition coefficient (Wildman–Crippen LogP) is 2.38. The van der Waals surface area contributed by atoms with E-state index in [4.69, 9.17) is 17.3 Å². The van der Waals surface area contributed by atoms with Gasteiger partial charge in [0.1, 0.15) is 0 Å². The molecule has 1 aromatic rings. The van der Waals surface area contributed by atoms with Gasteiger partial charge in [-0.15, -0.1) is 0 Å². The zero-order valence-electron chi connectivity index (χ0n) is 11.4. The van der Waals surface area contributed by atoms with Crippen LogP contribution in [-0.2, 0) is 14.8 Å². The minimum atomic E-state index is -3.68. The van der Waals surface area contributed by atoms with Crippen LogP contribution in [0.15, 0.2) is 27.6 Å². The molecule has 0 radical (unpaired) electrons. The number of rotatable bonds is 3. The third-order valence-electron chi connectivity index (χ3n) is 3.72. The van der Waals surface area contributed by atoms with E-state index in [9.17, 15) is 13.2 Å². The molecular formula is C13H16BrClN2O3S. The number of benzene rings is 1. The van der Waals surface area contributed by atoms with E-state index in [1.807, 2.05) is 6.92 Å². The second kappa shape index (κ2) is 6.24. The van der Waals surface area contributed by atoms with E-state index in [0.717, 1.165) is 0 Å². The van der Waals surface area contributed by atoms with Crippen molar-refractivity contribution in [3.8, 4) is 0 Å². The molecule has 1 fully saturated rings. The van der Waals surface area contributed by atoms with Gasteiger partial charge in [-0.25, -0.2) is 8.42 Å². The highest BCUT2D eigenvalue weighted by Gasteiger charge is 2.36. The molecule has 5 nitrogen and oxygen atoms in total. The summed E-state index contributed by atoms with van der Waals surface area (Å²) in [6, 6.07) is 4.29. The van der Waals surface area contributed by atoms with Crippen LogP contribution >= 0.6 is 27.5 Å². The normalized spacial score (nSPS) is 24.0. The molecule has 21 heavy (non-hydrogen) atoms. The van der Waals surface area contributed by atoms with E-state index in [0.29, 0.717) is 22.3 Å². The Hall–Kier alpha value is -0.630. The molecule has 0 spiro atoms. The standard InChI is InChI=1S/C13H16BrClN2O3S/c1-8-2-3-9(13(16)18)7-17(8)21(19,20)10-4-5-12(15)11(14)6-10/h4-6,8-9H,2-3,7H2,1H3,(H2,16,18). The van der Waals surface area contributed by atoms with Gasteiger partial charge in [0.15, 0.2) is 0 Å². The topological polar surface area (TPSA) is 80.5 Å². The molecule has 116 valence electrons. The lowest BCUT2D eigenvalue weighted by Crippen LogP contribution is -2.48. The number of hydrogen-bond donors (Lipinski definition) is 1. The summed E-state index contributed by atoms with van der Waals surface area (Å²) in [5.74, 6) is -0.897. The molecule has 2 rings (SSSR count). The Morgan fingerprint density at radius 3 is 2.67 bits per heavy atom. The van der Waals surface area contributed by atoms with Crippen LogP contribution in [0.25, 0.3) is 0 Å². The van der Waals surface area contributed by atoms with E-state index < -0.39 is 21.8 Å². The van der Waals surface area contributed by atoms with Crippen molar-refractivity contribution in [2.24, 2.45) is 11.7 Å². The van der Waals surface area contributed by atoms with Crippen molar-refractivity contribution in [1.29, 1.82) is 0 Å². The summed E-state index contributed by atoms with van der Waals surface area (Å²) in [4.78, 5) is 11.5. The van der Waals surface area contributed by atoms with Gasteiger partial charge in [0, 0.05) is 17.1 Å². The third kappa shape index (κ3) is 3.41. The van der Waals surface area contributed by atoms with Crippen LogP contribution in [0.2, 0.25) is 5.02 Å². The van der Waals surface area contributed by atoms with Crippen molar-refractivity contribution in [3.05, 3.63) is 27.7 Å². The summed E-state index contributed by atoms with van der Waals surface area (Å²) >= 11 is 9.12. The first-order valence-corrected chi connectivity index (χ1v) is 9.11. The Morgan fingerprint density at radius 2 is 2.10 bits per heavy atom. The Morgan fingerprint density at radius 1 is 1.43 bits per heavy atom. The maximum absolute atomic E-state index is 12.7. The summed E-state index contributed by atoms with van der Waals surface area (Å²) in [6.07, 6.45) is 1.23. The maximum Gasteiger partial charge on any atom is 0.243 e. The fourth-order valence-corrected chi connectivity index (χ4v) is 4.80. The lowest BCUT2D eigenvalue weighted by atomic mass is 9.95. The molecule has 2 atom stereocenters. The summed E-state index contributed by atoms with van der Waals surface area (Å²) < 4.78 is 27.3. The number of nitrogens with zero attached hydrogens (tertiary/aromatic N) is 1. The van der Waals surface area contributed by atoms with E-state index in [2.05, 4.69) is 15.9 Å². The van der Waals surface area contributed by atoms with Gasteiger partial charge in [0.2, 0.25) is 15.9 Å². The Labute approximate surface area is 137 Å². The Bertz CT molecular complexity index is 665. The van der Waals surface area contributed by atoms with Crippen molar-refractivity contribution in [2.45, 2.75) is 30.7 Å². The second-order valence-electron chi connectivity index (χ2n) is 5.18. The Kier molecular flexibility index (Phi) is 4.97. The lowest BCUT2D eigenvalue weighted by molar-refractivity contribution is -0.123. The fourth-order valence-electron chi connectivity index (χ4n) is 2.41. The van der Waals surface area contributed by atoms with Crippen molar-refractivity contribution in [2.75, 3.05) is 6.54 Å². The number of halogens is 2. The average Bonchev–Trinajstić information content (AvgIpc) is 2.41. The highest BCUT2D eigenvalue weighted by Crippen LogP contribution is 2.31. The molecule has 1 aromatic carbocycles. The predicted molar refractivity (Wildman–Crippen MR) is 84.4 cm³/mol. The number of piperidine rings is 1. The smallest absolute Gasteiger partial charge is 0.243 e. The number of carbonyl (C=O) groups excluding carboxylic acids is 1. The second-order valence-corrected chi connectivity index (χ2v) is 8.33. The minimum Gasteiger partial charge on any atom is -0.369 e. The molecule has 1 saturated heterocycles. The number of amides is 1. The van der Waals surface area contributed by atoms with Crippen LogP contribution in [0.5, 0.6) is 0 Å². The van der Waals surface area contributed by atoms with Gasteiger partial charge in [-0.2, -0.15) is 4.31 Å². The van der Waals surface area contributed by atoms with Crippen LogP contribution < -0.4 is 5.73 Å². The molecule has 0 saturated carbocycles. The van der Waals surface area contributed by atoms with Crippen LogP contribution in [0, 0.1) is 5.92 Å². The number of primary amides is 1. The van der Waals surface area contributed by atoms with Gasteiger partial charge in [-0.1, -0.05) is 11.6 Å². The average molecular weight is 396 g/mol. The van der Waals surface area contributed by atoms with Crippen LogP contribution in [0.1, 0.15) is 19.8 Å². The van der Waals surface area contributed by atoms with E-state index in [1.54, 1.807) is 0 Å². The highest BCUT2D eigenvalue weighted by atomic mass is 79.9. The molecule has 0 bridgehead atoms. The quantitative estimate of drug-likeness (QED) is 0.853. The lowest BCUT2D eigenvalue weighted by Gasteiger charge is -2.35. The molecule has 0 aliphatic carbocycles. The van der Waals surface area contributed by atoms with Gasteiger partial charge in [0.05, 0.1) is 15.8 Å². The van der Waals surface area contributed by atoms with Crippen molar-refractivity contribution in [1.82, 2.24) is 4.31 Å². The zero-order valence-corrected chi connectivity index (χ0v) is 14.6. The largest absolute Gasteiger partial charge is 0.369 e. The summed E-state index contributed by atoms with van der Waals surface area (Å²) in [5, 5.41) is 0.440. The first-order valence-electron chi connectivity index (χ1n) is 6.49. The molecule has 2 N–H and O–H groups in total. The van der Waals surface area contributed by atoms with E-state index in [-0.39, 0.29) is 17.5 Å². The van der Waals surface area contributed by atoms with Crippen LogP contribution in [0.4, 0.5) is 0 Å². The van der Waals surface area contributed by atoms with Crippen molar-refractivity contribution < 1.29 is 13.2 Å². The summed E-state index contributed by atoms with van der Waals surface area (Å²) in [7, 11) is -3.68. The molecule has 8 heteroatoms. The van der Waals surface area contributed by atoms with Crippen LogP contribution in [0.3, 0.4) is 0 Å². The maximum atomic E-state index is 12.7. The molecule has 1 heterocycles. The summed E-state index contributed by atoms with van der Waals surface area (Å²) in [6.45, 7) is 1.96. The molecule has 1 aliphatic rings. The monoisotopic (exact) mass is 394 g/mol. The molecule has 2 unspecified atom stereocenters. The molecular weight excluding hydrogens is 380 g/mol. The van der Waals surface area contributed by atoms with Gasteiger partial charge in [-0.05, 0) is 53.9 Å². The SMILES string of the molecule is CC1CCC(C(N)=O)CN1S(=O)(=O)c1ccc(Cl)c(Br)c1.